The smallest absolute Gasteiger partial charge is 0.550 e. The Bertz CT molecular complexity index is 8.00. The van der Waals surface area contributed by atoms with E-state index in [9.17, 15) is 0 Å². The summed E-state index contributed by atoms with van der Waals surface area (Å²) in [6, 6.07) is 0. The molecule has 0 spiro atoms. The molecule has 0 aliphatic rings. The summed E-state index contributed by atoms with van der Waals surface area (Å²) in [7, 11) is 1.29. The Kier molecular flexibility index (Phi) is 21.3. The van der Waals surface area contributed by atoms with Gasteiger partial charge >= 0.3 is 18.9 Å². The SMILES string of the molecule is CO[NH-].[Li+]. The van der Waals surface area contributed by atoms with Gasteiger partial charge in [-0.2, -0.15) is 0 Å². The first kappa shape index (κ1) is 8.82. The van der Waals surface area contributed by atoms with Gasteiger partial charge in [0.15, 0.2) is 0 Å². The van der Waals surface area contributed by atoms with Crippen molar-refractivity contribution in [1.29, 1.82) is 0 Å². The molecule has 0 saturated carbocycles. The largest absolute Gasteiger partial charge is 1.00 e. The van der Waals surface area contributed by atoms with Crippen LogP contribution in [0.4, 0.5) is 0 Å². The first-order chi connectivity index (χ1) is 1.41. The number of nitrogens with one attached hydrogen (secondary N) is 1. The van der Waals surface area contributed by atoms with Gasteiger partial charge in [0.05, 0.1) is 0 Å². The van der Waals surface area contributed by atoms with Crippen LogP contribution in [-0.4, -0.2) is 7.11 Å². The summed E-state index contributed by atoms with van der Waals surface area (Å²) in [5, 5.41) is 0. The fourth-order valence-corrected chi connectivity index (χ4v) is 0. The van der Waals surface area contributed by atoms with E-state index in [-0.39, 0.29) is 18.9 Å². The Hall–Kier alpha value is 0.517. The molecule has 0 aliphatic heterocycles. The van der Waals surface area contributed by atoms with Crippen molar-refractivity contribution in [3.8, 4) is 0 Å². The molecule has 0 radical (unpaired) electrons. The third-order valence-electron chi connectivity index (χ3n) is 0. The Balaban J connectivity index is 0. The summed E-state index contributed by atoms with van der Waals surface area (Å²) >= 11 is 0. The predicted molar refractivity (Wildman–Crippen MR) is 11.3 cm³/mol. The molecule has 0 aromatic heterocycles. The van der Waals surface area contributed by atoms with Crippen molar-refractivity contribution in [2.75, 3.05) is 7.11 Å². The fourth-order valence-electron chi connectivity index (χ4n) is 0. The zero-order chi connectivity index (χ0) is 2.71. The summed E-state index contributed by atoms with van der Waals surface area (Å²) in [5.41, 5.74) is 0. The normalized spacial score (nSPS) is 4.50. The molecule has 0 aromatic rings. The van der Waals surface area contributed by atoms with E-state index in [4.69, 9.17) is 5.90 Å². The van der Waals surface area contributed by atoms with Gasteiger partial charge in [0.2, 0.25) is 0 Å². The van der Waals surface area contributed by atoms with E-state index in [2.05, 4.69) is 4.84 Å². The van der Waals surface area contributed by atoms with Crippen LogP contribution < -0.4 is 18.9 Å². The second kappa shape index (κ2) is 9.68. The minimum Gasteiger partial charge on any atom is -0.550 e. The van der Waals surface area contributed by atoms with Crippen LogP contribution in [0.1, 0.15) is 0 Å². The van der Waals surface area contributed by atoms with Gasteiger partial charge in [-0.3, -0.25) is 0 Å². The van der Waals surface area contributed by atoms with Gasteiger partial charge in [0, 0.05) is 7.11 Å². The standard InChI is InChI=1S/CH4NO.Li/c1-3-2;/h2H,1H3;/q-1;+1. The maximum Gasteiger partial charge on any atom is 1.00 e. The quantitative estimate of drug-likeness (QED) is 0.224. The van der Waals surface area contributed by atoms with E-state index in [0.29, 0.717) is 0 Å². The van der Waals surface area contributed by atoms with Gasteiger partial charge in [0.25, 0.3) is 0 Å². The van der Waals surface area contributed by atoms with Crippen LogP contribution >= 0.6 is 0 Å². The zero-order valence-corrected chi connectivity index (χ0v) is 2.91. The van der Waals surface area contributed by atoms with Crippen molar-refractivity contribution in [3.63, 3.8) is 0 Å². The van der Waals surface area contributed by atoms with E-state index < -0.39 is 0 Å². The molecule has 0 aliphatic carbocycles. The van der Waals surface area contributed by atoms with Crippen molar-refractivity contribution in [2.24, 2.45) is 0 Å². The molecule has 20 valence electrons. The minimum atomic E-state index is 0. The van der Waals surface area contributed by atoms with Crippen molar-refractivity contribution < 1.29 is 23.7 Å². The van der Waals surface area contributed by atoms with Crippen LogP contribution in [0.15, 0.2) is 0 Å². The first-order valence-corrected chi connectivity index (χ1v) is 0.612. The molecule has 0 aromatic carbocycles. The Morgan fingerprint density at radius 1 is 1.75 bits per heavy atom. The minimum absolute atomic E-state index is 0. The fraction of sp³-hybridized carbons (Fsp3) is 1.00. The Labute approximate surface area is 37.4 Å². The topological polar surface area (TPSA) is 33.0 Å². The molecule has 0 amide bonds. The molecular formula is CH4LiNO. The second-order valence-corrected chi connectivity index (χ2v) is 0.204. The Morgan fingerprint density at radius 2 is 1.75 bits per heavy atom. The molecule has 0 heterocycles. The van der Waals surface area contributed by atoms with E-state index in [1.54, 1.807) is 0 Å². The molecule has 1 N–H and O–H groups in total. The van der Waals surface area contributed by atoms with Crippen LogP contribution in [0.3, 0.4) is 0 Å². The first-order valence-electron chi connectivity index (χ1n) is 0.612. The second-order valence-electron chi connectivity index (χ2n) is 0.204. The number of rotatable bonds is 0. The third kappa shape index (κ3) is 21.7. The molecule has 0 bridgehead atoms. The van der Waals surface area contributed by atoms with Crippen LogP contribution in [0, 0.1) is 0 Å². The van der Waals surface area contributed by atoms with Gasteiger partial charge in [-0.1, -0.05) is 0 Å². The molecule has 0 saturated heterocycles. The average Bonchev–Trinajstić information content (AvgIpc) is 0.918. The number of hydrogen-bond acceptors (Lipinski definition) is 1. The van der Waals surface area contributed by atoms with Crippen LogP contribution in [0.25, 0.3) is 5.90 Å². The van der Waals surface area contributed by atoms with Crippen LogP contribution in [0.5, 0.6) is 0 Å². The van der Waals surface area contributed by atoms with Gasteiger partial charge in [-0.25, -0.2) is 0 Å². The van der Waals surface area contributed by atoms with Crippen LogP contribution in [0.2, 0.25) is 0 Å². The monoisotopic (exact) mass is 53.0 g/mol. The summed E-state index contributed by atoms with van der Waals surface area (Å²) < 4.78 is 0. The molecule has 0 atom stereocenters. The van der Waals surface area contributed by atoms with Crippen molar-refractivity contribution >= 4 is 0 Å². The van der Waals surface area contributed by atoms with Gasteiger partial charge in [-0.15, -0.1) is 0 Å². The number of hydrogen-bond donors (Lipinski definition) is 0. The molecule has 2 nitrogen and oxygen atoms in total. The zero-order valence-electron chi connectivity index (χ0n) is 2.91. The summed E-state index contributed by atoms with van der Waals surface area (Å²) in [4.78, 5) is 3.50. The maximum absolute atomic E-state index is 5.71. The average molecular weight is 53.0 g/mol. The van der Waals surface area contributed by atoms with E-state index >= 15 is 0 Å². The van der Waals surface area contributed by atoms with E-state index in [0.717, 1.165) is 0 Å². The molecule has 3 heteroatoms. The predicted octanol–water partition coefficient (Wildman–Crippen LogP) is -2.40. The summed E-state index contributed by atoms with van der Waals surface area (Å²) in [6.45, 7) is 0. The van der Waals surface area contributed by atoms with Gasteiger partial charge in [-0.05, 0) is 0 Å². The maximum atomic E-state index is 5.71. The molecular weight excluding hydrogens is 49.0 g/mol. The molecule has 0 rings (SSSR count). The van der Waals surface area contributed by atoms with Crippen LogP contribution in [-0.2, 0) is 4.84 Å². The third-order valence-corrected chi connectivity index (χ3v) is 0. The van der Waals surface area contributed by atoms with Crippen molar-refractivity contribution in [1.82, 2.24) is 0 Å². The van der Waals surface area contributed by atoms with Crippen molar-refractivity contribution in [3.05, 3.63) is 5.90 Å². The summed E-state index contributed by atoms with van der Waals surface area (Å²) in [6.07, 6.45) is 0. The molecule has 0 unspecified atom stereocenters. The van der Waals surface area contributed by atoms with Gasteiger partial charge in [0.1, 0.15) is 0 Å². The Morgan fingerprint density at radius 3 is 1.75 bits per heavy atom. The van der Waals surface area contributed by atoms with Crippen molar-refractivity contribution in [2.45, 2.75) is 0 Å². The molecule has 0 fully saturated rings. The van der Waals surface area contributed by atoms with E-state index in [1.807, 2.05) is 0 Å². The van der Waals surface area contributed by atoms with E-state index in [1.165, 1.54) is 7.11 Å². The van der Waals surface area contributed by atoms with Gasteiger partial charge < -0.3 is 10.7 Å². The molecule has 4 heavy (non-hydrogen) atoms. The summed E-state index contributed by atoms with van der Waals surface area (Å²) in [5.74, 6) is 5.71.